The highest BCUT2D eigenvalue weighted by molar-refractivity contribution is 14.1. The van der Waals surface area contributed by atoms with Crippen LogP contribution in [0.1, 0.15) is 0 Å². The summed E-state index contributed by atoms with van der Waals surface area (Å²) < 4.78 is 2.82. The Morgan fingerprint density at radius 1 is 1.28 bits per heavy atom. The van der Waals surface area contributed by atoms with Gasteiger partial charge in [0.05, 0.1) is 10.7 Å². The number of imidazole rings is 1. The number of benzene rings is 1. The third-order valence-electron chi connectivity index (χ3n) is 2.59. The molecule has 0 bridgehead atoms. The van der Waals surface area contributed by atoms with Gasteiger partial charge in [-0.1, -0.05) is 11.6 Å². The molecule has 18 heavy (non-hydrogen) atoms. The fraction of sp³-hybridized carbons (Fsp3) is 0. The second kappa shape index (κ2) is 4.40. The van der Waals surface area contributed by atoms with Gasteiger partial charge in [0.2, 0.25) is 5.95 Å². The molecule has 2 N–H and O–H groups in total. The normalized spacial score (nSPS) is 11.0. The molecule has 0 saturated carbocycles. The van der Waals surface area contributed by atoms with E-state index in [4.69, 9.17) is 17.3 Å². The standard InChI is InChI=1S/C12H8ClIN4/c13-8-6-7(14)3-4-10(8)18-11-9(17-12(18)15)2-1-5-16-11/h1-6H,(H2,15,17). The highest BCUT2D eigenvalue weighted by atomic mass is 127. The number of halogens is 2. The van der Waals surface area contributed by atoms with Crippen LogP contribution < -0.4 is 5.73 Å². The Morgan fingerprint density at radius 2 is 2.11 bits per heavy atom. The van der Waals surface area contributed by atoms with Crippen LogP contribution in [-0.2, 0) is 0 Å². The largest absolute Gasteiger partial charge is 0.369 e. The molecule has 0 spiro atoms. The van der Waals surface area contributed by atoms with E-state index in [0.717, 1.165) is 14.8 Å². The summed E-state index contributed by atoms with van der Waals surface area (Å²) in [5, 5.41) is 0.624. The Balaban J connectivity index is 2.34. The molecule has 6 heteroatoms. The summed E-state index contributed by atoms with van der Waals surface area (Å²) in [6, 6.07) is 9.46. The van der Waals surface area contributed by atoms with Crippen LogP contribution in [0.15, 0.2) is 36.5 Å². The van der Waals surface area contributed by atoms with Crippen molar-refractivity contribution < 1.29 is 0 Å². The van der Waals surface area contributed by atoms with Gasteiger partial charge in [-0.05, 0) is 52.9 Å². The lowest BCUT2D eigenvalue weighted by Crippen LogP contribution is -2.02. The molecule has 0 fully saturated rings. The number of hydrogen-bond donors (Lipinski definition) is 1. The predicted octanol–water partition coefficient (Wildman–Crippen LogP) is 3.26. The topological polar surface area (TPSA) is 56.7 Å². The van der Waals surface area contributed by atoms with Crippen molar-refractivity contribution in [1.29, 1.82) is 0 Å². The lowest BCUT2D eigenvalue weighted by Gasteiger charge is -2.08. The quantitative estimate of drug-likeness (QED) is 0.669. The summed E-state index contributed by atoms with van der Waals surface area (Å²) in [6.45, 7) is 0. The first-order valence-electron chi connectivity index (χ1n) is 5.21. The van der Waals surface area contributed by atoms with E-state index in [1.165, 1.54) is 0 Å². The number of rotatable bonds is 1. The van der Waals surface area contributed by atoms with Gasteiger partial charge in [0, 0.05) is 9.77 Å². The Kier molecular flexibility index (Phi) is 2.87. The lowest BCUT2D eigenvalue weighted by atomic mass is 10.3. The van der Waals surface area contributed by atoms with Crippen molar-refractivity contribution in [1.82, 2.24) is 14.5 Å². The van der Waals surface area contributed by atoms with Gasteiger partial charge in [-0.15, -0.1) is 0 Å². The van der Waals surface area contributed by atoms with E-state index in [0.29, 0.717) is 16.6 Å². The summed E-state index contributed by atoms with van der Waals surface area (Å²) in [5.41, 5.74) is 8.19. The van der Waals surface area contributed by atoms with Crippen molar-refractivity contribution in [2.45, 2.75) is 0 Å². The predicted molar refractivity (Wildman–Crippen MR) is 81.0 cm³/mol. The maximum absolute atomic E-state index is 6.26. The molecule has 3 aromatic rings. The minimum Gasteiger partial charge on any atom is -0.369 e. The van der Waals surface area contributed by atoms with E-state index < -0.39 is 0 Å². The lowest BCUT2D eigenvalue weighted by molar-refractivity contribution is 1.08. The molecular formula is C12H8ClIN4. The molecule has 0 aliphatic rings. The van der Waals surface area contributed by atoms with Crippen molar-refractivity contribution in [3.8, 4) is 5.69 Å². The average Bonchev–Trinajstić information content (AvgIpc) is 2.66. The highest BCUT2D eigenvalue weighted by Crippen LogP contribution is 2.28. The molecule has 3 rings (SSSR count). The molecule has 2 heterocycles. The molecule has 90 valence electrons. The molecule has 2 aromatic heterocycles. The molecule has 0 aliphatic carbocycles. The monoisotopic (exact) mass is 370 g/mol. The molecule has 0 saturated heterocycles. The first-order valence-corrected chi connectivity index (χ1v) is 6.67. The number of aromatic nitrogens is 3. The van der Waals surface area contributed by atoms with E-state index >= 15 is 0 Å². The molecule has 0 amide bonds. The van der Waals surface area contributed by atoms with Crippen LogP contribution in [0, 0.1) is 3.57 Å². The number of fused-ring (bicyclic) bond motifs is 1. The average molecular weight is 371 g/mol. The third-order valence-corrected chi connectivity index (χ3v) is 3.57. The van der Waals surface area contributed by atoms with Gasteiger partial charge in [-0.25, -0.2) is 9.97 Å². The number of nitrogens with zero attached hydrogens (tertiary/aromatic N) is 3. The van der Waals surface area contributed by atoms with Crippen LogP contribution in [0.4, 0.5) is 5.95 Å². The van der Waals surface area contributed by atoms with E-state index in [9.17, 15) is 0 Å². The van der Waals surface area contributed by atoms with Crippen molar-refractivity contribution >= 4 is 51.3 Å². The maximum Gasteiger partial charge on any atom is 0.207 e. The van der Waals surface area contributed by atoms with Crippen LogP contribution in [0.3, 0.4) is 0 Å². The smallest absolute Gasteiger partial charge is 0.207 e. The molecule has 0 atom stereocenters. The van der Waals surface area contributed by atoms with E-state index in [1.807, 2.05) is 30.3 Å². The second-order valence-electron chi connectivity index (χ2n) is 3.75. The number of hydrogen-bond acceptors (Lipinski definition) is 3. The van der Waals surface area contributed by atoms with Gasteiger partial charge >= 0.3 is 0 Å². The zero-order valence-electron chi connectivity index (χ0n) is 9.14. The fourth-order valence-corrected chi connectivity index (χ4v) is 2.77. The third kappa shape index (κ3) is 1.83. The van der Waals surface area contributed by atoms with E-state index in [2.05, 4.69) is 32.6 Å². The summed E-state index contributed by atoms with van der Waals surface area (Å²) in [7, 11) is 0. The minimum atomic E-state index is 0.381. The van der Waals surface area contributed by atoms with Crippen LogP contribution in [0.5, 0.6) is 0 Å². The molecule has 0 unspecified atom stereocenters. The molecule has 0 aliphatic heterocycles. The number of pyridine rings is 1. The molecule has 0 radical (unpaired) electrons. The minimum absolute atomic E-state index is 0.381. The van der Waals surface area contributed by atoms with Crippen LogP contribution >= 0.6 is 34.2 Å². The first-order chi connectivity index (χ1) is 8.66. The first kappa shape index (κ1) is 11.7. The van der Waals surface area contributed by atoms with Crippen molar-refractivity contribution in [3.63, 3.8) is 0 Å². The summed E-state index contributed by atoms with van der Waals surface area (Å²) >= 11 is 8.47. The van der Waals surface area contributed by atoms with E-state index in [-0.39, 0.29) is 0 Å². The van der Waals surface area contributed by atoms with Gasteiger partial charge in [-0.2, -0.15) is 0 Å². The van der Waals surface area contributed by atoms with E-state index in [1.54, 1.807) is 10.8 Å². The number of nitrogen functional groups attached to an aromatic ring is 1. The Hall–Kier alpha value is -1.34. The second-order valence-corrected chi connectivity index (χ2v) is 5.40. The maximum atomic E-state index is 6.26. The SMILES string of the molecule is Nc1nc2cccnc2n1-c1ccc(I)cc1Cl. The molecule has 4 nitrogen and oxygen atoms in total. The number of anilines is 1. The van der Waals surface area contributed by atoms with Crippen LogP contribution in [-0.4, -0.2) is 14.5 Å². The molecule has 1 aromatic carbocycles. The van der Waals surface area contributed by atoms with Crippen molar-refractivity contribution in [2.75, 3.05) is 5.73 Å². The van der Waals surface area contributed by atoms with Crippen molar-refractivity contribution in [2.24, 2.45) is 0 Å². The Bertz CT molecular complexity index is 738. The summed E-state index contributed by atoms with van der Waals surface area (Å²) in [4.78, 5) is 8.57. The Morgan fingerprint density at radius 3 is 2.89 bits per heavy atom. The van der Waals surface area contributed by atoms with Crippen LogP contribution in [0.2, 0.25) is 5.02 Å². The van der Waals surface area contributed by atoms with Gasteiger partial charge in [0.1, 0.15) is 5.52 Å². The van der Waals surface area contributed by atoms with Gasteiger partial charge in [0.15, 0.2) is 5.65 Å². The zero-order valence-corrected chi connectivity index (χ0v) is 12.1. The van der Waals surface area contributed by atoms with Crippen LogP contribution in [0.25, 0.3) is 16.9 Å². The van der Waals surface area contributed by atoms with Crippen molar-refractivity contribution in [3.05, 3.63) is 45.1 Å². The van der Waals surface area contributed by atoms with Gasteiger partial charge < -0.3 is 5.73 Å². The molecular weight excluding hydrogens is 363 g/mol. The Labute approximate surface area is 122 Å². The van der Waals surface area contributed by atoms with Gasteiger partial charge in [0.25, 0.3) is 0 Å². The summed E-state index contributed by atoms with van der Waals surface area (Å²) in [6.07, 6.45) is 1.71. The summed E-state index contributed by atoms with van der Waals surface area (Å²) in [5.74, 6) is 0.381. The number of nitrogens with two attached hydrogens (primary N) is 1. The zero-order chi connectivity index (χ0) is 12.7. The highest BCUT2D eigenvalue weighted by Gasteiger charge is 2.13. The van der Waals surface area contributed by atoms with Gasteiger partial charge in [-0.3, -0.25) is 4.57 Å². The fourth-order valence-electron chi connectivity index (χ4n) is 1.83.